The Hall–Kier alpha value is -1.14. The number of methoxy groups -OCH3 is 1. The van der Waals surface area contributed by atoms with E-state index < -0.39 is 17.9 Å². The van der Waals surface area contributed by atoms with Crippen LogP contribution in [0.5, 0.6) is 5.75 Å². The van der Waals surface area contributed by atoms with E-state index in [4.69, 9.17) is 4.74 Å². The van der Waals surface area contributed by atoms with E-state index in [0.29, 0.717) is 5.56 Å². The first-order chi connectivity index (χ1) is 8.43. The van der Waals surface area contributed by atoms with Crippen LogP contribution in [0.1, 0.15) is 24.2 Å². The van der Waals surface area contributed by atoms with Gasteiger partial charge >= 0.3 is 5.97 Å². The summed E-state index contributed by atoms with van der Waals surface area (Å²) in [4.78, 5) is 11.5. The molecule has 18 heavy (non-hydrogen) atoms. The monoisotopic (exact) mass is 320 g/mol. The number of rotatable bonds is 4. The van der Waals surface area contributed by atoms with Gasteiger partial charge in [0.2, 0.25) is 0 Å². The molecule has 1 aromatic carbocycles. The van der Waals surface area contributed by atoms with Crippen molar-refractivity contribution in [1.82, 2.24) is 0 Å². The summed E-state index contributed by atoms with van der Waals surface area (Å²) in [6.45, 7) is 3.39. The van der Waals surface area contributed by atoms with Gasteiger partial charge in [-0.1, -0.05) is 0 Å². The van der Waals surface area contributed by atoms with Crippen LogP contribution in [0, 0.1) is 12.7 Å². The molecule has 1 N–H and O–H groups in total. The molecule has 0 aliphatic carbocycles. The highest BCUT2D eigenvalue weighted by molar-refractivity contribution is 9.10. The minimum atomic E-state index is -1.71. The molecule has 0 aliphatic rings. The summed E-state index contributed by atoms with van der Waals surface area (Å²) in [5.41, 5.74) is 0.381. The van der Waals surface area contributed by atoms with Crippen molar-refractivity contribution in [2.24, 2.45) is 0 Å². The average Bonchev–Trinajstić information content (AvgIpc) is 2.32. The highest BCUT2D eigenvalue weighted by atomic mass is 79.9. The maximum Gasteiger partial charge on any atom is 0.339 e. The van der Waals surface area contributed by atoms with Crippen LogP contribution in [0.2, 0.25) is 0 Å². The molecular formula is C12H14BrFO4. The lowest BCUT2D eigenvalue weighted by atomic mass is 10.0. The molecule has 0 aromatic heterocycles. The summed E-state index contributed by atoms with van der Waals surface area (Å²) in [5, 5.41) is 9.85. The molecule has 0 saturated carbocycles. The molecule has 0 amide bonds. The van der Waals surface area contributed by atoms with Crippen molar-refractivity contribution in [3.63, 3.8) is 0 Å². The smallest absolute Gasteiger partial charge is 0.339 e. The summed E-state index contributed by atoms with van der Waals surface area (Å²) >= 11 is 3.02. The van der Waals surface area contributed by atoms with Crippen LogP contribution < -0.4 is 4.74 Å². The molecule has 4 nitrogen and oxygen atoms in total. The van der Waals surface area contributed by atoms with Gasteiger partial charge in [-0.3, -0.25) is 0 Å². The Labute approximate surface area is 113 Å². The number of carbonyl (C=O) groups is 1. The van der Waals surface area contributed by atoms with Gasteiger partial charge < -0.3 is 14.6 Å². The highest BCUT2D eigenvalue weighted by Gasteiger charge is 2.28. The van der Waals surface area contributed by atoms with E-state index in [1.807, 2.05) is 0 Å². The van der Waals surface area contributed by atoms with Gasteiger partial charge in [-0.2, -0.15) is 0 Å². The van der Waals surface area contributed by atoms with Gasteiger partial charge in [-0.25, -0.2) is 9.18 Å². The Morgan fingerprint density at radius 2 is 2.22 bits per heavy atom. The summed E-state index contributed by atoms with van der Waals surface area (Å²) in [5.74, 6) is -1.51. The molecule has 6 heteroatoms. The molecule has 1 aromatic rings. The Morgan fingerprint density at radius 3 is 2.72 bits per heavy atom. The number of hydrogen-bond donors (Lipinski definition) is 1. The first kappa shape index (κ1) is 14.9. The number of aryl methyl sites for hydroxylation is 1. The van der Waals surface area contributed by atoms with Gasteiger partial charge in [-0.15, -0.1) is 0 Å². The Kier molecular flexibility index (Phi) is 5.10. The van der Waals surface area contributed by atoms with Crippen molar-refractivity contribution in [1.29, 1.82) is 0 Å². The summed E-state index contributed by atoms with van der Waals surface area (Å²) in [7, 11) is 1.34. The van der Waals surface area contributed by atoms with Crippen molar-refractivity contribution in [3.05, 3.63) is 27.5 Å². The van der Waals surface area contributed by atoms with Crippen LogP contribution in [-0.4, -0.2) is 24.8 Å². The molecule has 1 atom stereocenters. The average molecular weight is 321 g/mol. The van der Waals surface area contributed by atoms with Gasteiger partial charge in [0.05, 0.1) is 23.8 Å². The van der Waals surface area contributed by atoms with E-state index in [0.717, 1.165) is 0 Å². The number of aliphatic hydroxyl groups excluding tert-OH is 1. The number of halogens is 2. The number of hydrogen-bond acceptors (Lipinski definition) is 4. The molecule has 0 heterocycles. The topological polar surface area (TPSA) is 55.8 Å². The lowest BCUT2D eigenvalue weighted by Crippen LogP contribution is -2.18. The molecule has 0 fully saturated rings. The van der Waals surface area contributed by atoms with Crippen molar-refractivity contribution in [3.8, 4) is 5.75 Å². The molecule has 0 bridgehead atoms. The van der Waals surface area contributed by atoms with Crippen molar-refractivity contribution in [2.75, 3.05) is 13.7 Å². The Bertz CT molecular complexity index is 462. The van der Waals surface area contributed by atoms with Gasteiger partial charge in [0.25, 0.3) is 0 Å². The molecule has 0 saturated heterocycles. The largest absolute Gasteiger partial charge is 0.496 e. The molecule has 0 spiro atoms. The fourth-order valence-corrected chi connectivity index (χ4v) is 2.17. The third-order valence-corrected chi connectivity index (χ3v) is 2.96. The van der Waals surface area contributed by atoms with Crippen molar-refractivity contribution >= 4 is 21.9 Å². The van der Waals surface area contributed by atoms with Crippen molar-refractivity contribution < 1.29 is 23.8 Å². The van der Waals surface area contributed by atoms with Gasteiger partial charge in [0.15, 0.2) is 6.10 Å². The normalized spacial score (nSPS) is 12.1. The second-order valence-electron chi connectivity index (χ2n) is 3.59. The van der Waals surface area contributed by atoms with Gasteiger partial charge in [-0.05, 0) is 41.4 Å². The van der Waals surface area contributed by atoms with Crippen LogP contribution in [0.15, 0.2) is 10.5 Å². The lowest BCUT2D eigenvalue weighted by molar-refractivity contribution is -0.153. The standard InChI is InChI=1S/C12H14BrFO4/c1-4-18-12(16)10(15)8-9(14)7(13)5-6(2)11(8)17-3/h5,10,15H,4H2,1-3H3. The maximum atomic E-state index is 14.0. The molecule has 100 valence electrons. The zero-order valence-electron chi connectivity index (χ0n) is 10.3. The molecule has 0 aliphatic heterocycles. The van der Waals surface area contributed by atoms with E-state index in [1.54, 1.807) is 13.8 Å². The zero-order chi connectivity index (χ0) is 13.9. The molecule has 0 radical (unpaired) electrons. The van der Waals surface area contributed by atoms with Crippen LogP contribution in [0.3, 0.4) is 0 Å². The molecular weight excluding hydrogens is 307 g/mol. The van der Waals surface area contributed by atoms with Crippen molar-refractivity contribution in [2.45, 2.75) is 20.0 Å². The quantitative estimate of drug-likeness (QED) is 0.866. The van der Waals surface area contributed by atoms with Gasteiger partial charge in [0, 0.05) is 0 Å². The molecule has 1 unspecified atom stereocenters. The van der Waals surface area contributed by atoms with E-state index in [1.165, 1.54) is 13.2 Å². The zero-order valence-corrected chi connectivity index (χ0v) is 11.9. The minimum absolute atomic E-state index is 0.104. The Balaban J connectivity index is 3.33. The maximum absolute atomic E-state index is 14.0. The summed E-state index contributed by atoms with van der Waals surface area (Å²) < 4.78 is 23.8. The SMILES string of the molecule is CCOC(=O)C(O)c1c(F)c(Br)cc(C)c1OC. The van der Waals surface area contributed by atoms with E-state index in [9.17, 15) is 14.3 Å². The summed E-state index contributed by atoms with van der Waals surface area (Å²) in [6.07, 6.45) is -1.71. The number of carbonyl (C=O) groups excluding carboxylic acids is 1. The van der Waals surface area contributed by atoms with Crippen LogP contribution in [-0.2, 0) is 9.53 Å². The van der Waals surface area contributed by atoms with Crippen LogP contribution in [0.4, 0.5) is 4.39 Å². The summed E-state index contributed by atoms with van der Waals surface area (Å²) in [6, 6.07) is 1.51. The second-order valence-corrected chi connectivity index (χ2v) is 4.45. The van der Waals surface area contributed by atoms with E-state index in [2.05, 4.69) is 20.7 Å². The highest BCUT2D eigenvalue weighted by Crippen LogP contribution is 2.36. The number of ether oxygens (including phenoxy) is 2. The predicted molar refractivity (Wildman–Crippen MR) is 67.0 cm³/mol. The van der Waals surface area contributed by atoms with Gasteiger partial charge in [0.1, 0.15) is 11.6 Å². The third kappa shape index (κ3) is 2.81. The number of esters is 1. The predicted octanol–water partition coefficient (Wildman–Crippen LogP) is 2.50. The van der Waals surface area contributed by atoms with E-state index >= 15 is 0 Å². The number of benzene rings is 1. The van der Waals surface area contributed by atoms with Crippen LogP contribution >= 0.6 is 15.9 Å². The minimum Gasteiger partial charge on any atom is -0.496 e. The second kappa shape index (κ2) is 6.15. The third-order valence-electron chi connectivity index (χ3n) is 2.38. The fraction of sp³-hybridized carbons (Fsp3) is 0.417. The number of aliphatic hydroxyl groups is 1. The van der Waals surface area contributed by atoms with Crippen LogP contribution in [0.25, 0.3) is 0 Å². The first-order valence-electron chi connectivity index (χ1n) is 5.31. The Morgan fingerprint density at radius 1 is 1.61 bits per heavy atom. The molecule has 1 rings (SSSR count). The van der Waals surface area contributed by atoms with E-state index in [-0.39, 0.29) is 22.4 Å². The fourth-order valence-electron chi connectivity index (χ4n) is 1.61. The lowest BCUT2D eigenvalue weighted by Gasteiger charge is -2.17. The first-order valence-corrected chi connectivity index (χ1v) is 6.10.